The highest BCUT2D eigenvalue weighted by Gasteiger charge is 2.30. The van der Waals surface area contributed by atoms with E-state index in [1.165, 1.54) is 19.3 Å². The van der Waals surface area contributed by atoms with Crippen LogP contribution in [0.15, 0.2) is 12.1 Å². The molecule has 2 N–H and O–H groups in total. The zero-order chi connectivity index (χ0) is 18.9. The van der Waals surface area contributed by atoms with Crippen LogP contribution in [0.2, 0.25) is 0 Å². The number of carbonyl (C=O) groups excluding carboxylic acids is 1. The monoisotopic (exact) mass is 385 g/mol. The number of fused-ring (bicyclic) bond motifs is 1. The van der Waals surface area contributed by atoms with Gasteiger partial charge in [-0.05, 0) is 37.8 Å². The number of amides is 2. The highest BCUT2D eigenvalue weighted by atomic mass is 16.5. The molecule has 0 atom stereocenters. The molecular weight excluding hydrogens is 358 g/mol. The number of rotatable bonds is 5. The van der Waals surface area contributed by atoms with Gasteiger partial charge in [-0.2, -0.15) is 4.52 Å². The predicted octanol–water partition coefficient (Wildman–Crippen LogP) is 1.31. The lowest BCUT2D eigenvalue weighted by Crippen LogP contribution is -2.54. The summed E-state index contributed by atoms with van der Waals surface area (Å²) in [6.45, 7) is 3.95. The van der Waals surface area contributed by atoms with Crippen molar-refractivity contribution in [3.8, 4) is 0 Å². The normalized spacial score (nSPS) is 21.4. The summed E-state index contributed by atoms with van der Waals surface area (Å²) in [5.74, 6) is 2.90. The van der Waals surface area contributed by atoms with Crippen LogP contribution in [0, 0.1) is 5.92 Å². The lowest BCUT2D eigenvalue weighted by molar-refractivity contribution is 0.0800. The molecule has 2 amide bonds. The third-order valence-corrected chi connectivity index (χ3v) is 6.13. The third kappa shape index (κ3) is 3.50. The molecule has 2 aliphatic heterocycles. The second-order valence-electron chi connectivity index (χ2n) is 8.16. The maximum Gasteiger partial charge on any atom is 0.315 e. The van der Waals surface area contributed by atoms with Crippen molar-refractivity contribution in [2.24, 2.45) is 5.92 Å². The predicted molar refractivity (Wildman–Crippen MR) is 103 cm³/mol. The second-order valence-corrected chi connectivity index (χ2v) is 8.16. The van der Waals surface area contributed by atoms with Gasteiger partial charge in [0, 0.05) is 50.7 Å². The zero-order valence-electron chi connectivity index (χ0n) is 16.0. The molecule has 0 unspecified atom stereocenters. The Balaban J connectivity index is 1.12. The van der Waals surface area contributed by atoms with Crippen LogP contribution < -0.4 is 15.5 Å². The van der Waals surface area contributed by atoms with Crippen LogP contribution in [-0.2, 0) is 4.74 Å². The summed E-state index contributed by atoms with van der Waals surface area (Å²) in [7, 11) is 0. The van der Waals surface area contributed by atoms with E-state index >= 15 is 0 Å². The number of nitrogens with one attached hydrogen (secondary N) is 2. The smallest absolute Gasteiger partial charge is 0.315 e. The molecule has 9 nitrogen and oxygen atoms in total. The lowest BCUT2D eigenvalue weighted by atomic mass is 9.85. The number of carbonyl (C=O) groups is 1. The first-order chi connectivity index (χ1) is 13.8. The van der Waals surface area contributed by atoms with Gasteiger partial charge in [0.15, 0.2) is 11.5 Å². The Morgan fingerprint density at radius 2 is 1.96 bits per heavy atom. The minimum Gasteiger partial charge on any atom is -0.381 e. The van der Waals surface area contributed by atoms with E-state index in [9.17, 15) is 4.79 Å². The molecule has 2 aromatic rings. The van der Waals surface area contributed by atoms with Crippen molar-refractivity contribution >= 4 is 17.5 Å². The average molecular weight is 385 g/mol. The standard InChI is InChI=1S/C19H27N7O2/c27-19(21-15-6-8-28-9-7-15)20-10-13-11-25(12-13)17-5-4-16-22-23-18(26(16)24-17)14-2-1-3-14/h4-5,13-15H,1-3,6-12H2,(H2,20,21,27). The molecule has 0 radical (unpaired) electrons. The molecule has 9 heteroatoms. The highest BCUT2D eigenvalue weighted by molar-refractivity contribution is 5.74. The Morgan fingerprint density at radius 3 is 2.71 bits per heavy atom. The van der Waals surface area contributed by atoms with Crippen molar-refractivity contribution in [3.63, 3.8) is 0 Å². The van der Waals surface area contributed by atoms with Gasteiger partial charge in [0.05, 0.1) is 0 Å². The molecule has 0 bridgehead atoms. The number of anilines is 1. The Labute approximate surface area is 163 Å². The molecule has 1 saturated carbocycles. The third-order valence-electron chi connectivity index (χ3n) is 6.13. The van der Waals surface area contributed by atoms with Gasteiger partial charge in [-0.3, -0.25) is 0 Å². The summed E-state index contributed by atoms with van der Waals surface area (Å²) in [6.07, 6.45) is 5.41. The van der Waals surface area contributed by atoms with Crippen LogP contribution in [0.4, 0.5) is 10.6 Å². The minimum absolute atomic E-state index is 0.0699. The van der Waals surface area contributed by atoms with E-state index in [2.05, 4.69) is 25.7 Å². The van der Waals surface area contributed by atoms with Crippen LogP contribution in [-0.4, -0.2) is 64.7 Å². The maximum absolute atomic E-state index is 12.1. The van der Waals surface area contributed by atoms with E-state index in [0.29, 0.717) is 18.4 Å². The maximum atomic E-state index is 12.1. The Kier molecular flexibility index (Phi) is 4.76. The molecule has 3 aliphatic rings. The van der Waals surface area contributed by atoms with E-state index < -0.39 is 0 Å². The van der Waals surface area contributed by atoms with Gasteiger partial charge in [-0.1, -0.05) is 6.42 Å². The summed E-state index contributed by atoms with van der Waals surface area (Å²) in [5.41, 5.74) is 0.814. The van der Waals surface area contributed by atoms with Crippen LogP contribution >= 0.6 is 0 Å². The van der Waals surface area contributed by atoms with Crippen LogP contribution in [0.3, 0.4) is 0 Å². The Morgan fingerprint density at radius 1 is 1.14 bits per heavy atom. The van der Waals surface area contributed by atoms with Gasteiger partial charge >= 0.3 is 6.03 Å². The van der Waals surface area contributed by atoms with E-state index in [0.717, 1.165) is 56.4 Å². The summed E-state index contributed by atoms with van der Waals surface area (Å²) in [6, 6.07) is 4.16. The summed E-state index contributed by atoms with van der Waals surface area (Å²) >= 11 is 0. The lowest BCUT2D eigenvalue weighted by Gasteiger charge is -2.40. The van der Waals surface area contributed by atoms with E-state index in [1.54, 1.807) is 0 Å². The quantitative estimate of drug-likeness (QED) is 0.806. The van der Waals surface area contributed by atoms with Crippen molar-refractivity contribution in [3.05, 3.63) is 18.0 Å². The number of urea groups is 1. The van der Waals surface area contributed by atoms with Crippen LogP contribution in [0.1, 0.15) is 43.8 Å². The number of nitrogens with zero attached hydrogens (tertiary/aromatic N) is 5. The van der Waals surface area contributed by atoms with Gasteiger partial charge in [0.25, 0.3) is 0 Å². The second kappa shape index (κ2) is 7.54. The highest BCUT2D eigenvalue weighted by Crippen LogP contribution is 2.35. The molecular formula is C19H27N7O2. The van der Waals surface area contributed by atoms with Crippen LogP contribution in [0.5, 0.6) is 0 Å². The fraction of sp³-hybridized carbons (Fsp3) is 0.684. The first-order valence-electron chi connectivity index (χ1n) is 10.4. The van der Waals surface area contributed by atoms with Crippen molar-refractivity contribution < 1.29 is 9.53 Å². The van der Waals surface area contributed by atoms with Gasteiger partial charge in [-0.25, -0.2) is 4.79 Å². The molecule has 4 heterocycles. The van der Waals surface area contributed by atoms with Crippen molar-refractivity contribution in [2.45, 2.75) is 44.1 Å². The van der Waals surface area contributed by atoms with Gasteiger partial charge < -0.3 is 20.3 Å². The first-order valence-corrected chi connectivity index (χ1v) is 10.4. The molecule has 28 heavy (non-hydrogen) atoms. The number of hydrogen-bond donors (Lipinski definition) is 2. The fourth-order valence-corrected chi connectivity index (χ4v) is 4.09. The topological polar surface area (TPSA) is 96.7 Å². The largest absolute Gasteiger partial charge is 0.381 e. The van der Waals surface area contributed by atoms with E-state index in [-0.39, 0.29) is 12.1 Å². The van der Waals surface area contributed by atoms with Crippen molar-refractivity contribution in [1.29, 1.82) is 0 Å². The van der Waals surface area contributed by atoms with Gasteiger partial charge in [0.2, 0.25) is 0 Å². The van der Waals surface area contributed by atoms with E-state index in [4.69, 9.17) is 9.84 Å². The molecule has 2 saturated heterocycles. The zero-order valence-corrected chi connectivity index (χ0v) is 16.0. The molecule has 0 aromatic carbocycles. The summed E-state index contributed by atoms with van der Waals surface area (Å²) in [5, 5.41) is 19.4. The molecule has 150 valence electrons. The van der Waals surface area contributed by atoms with Crippen molar-refractivity contribution in [2.75, 3.05) is 37.7 Å². The molecule has 5 rings (SSSR count). The summed E-state index contributed by atoms with van der Waals surface area (Å²) in [4.78, 5) is 14.3. The van der Waals surface area contributed by atoms with Crippen LogP contribution in [0.25, 0.3) is 5.65 Å². The Bertz CT molecular complexity index is 838. The SMILES string of the molecule is O=C(NCC1CN(c2ccc3nnc(C4CCC4)n3n2)C1)NC1CCOCC1. The van der Waals surface area contributed by atoms with Gasteiger partial charge in [0.1, 0.15) is 5.82 Å². The number of hydrogen-bond acceptors (Lipinski definition) is 6. The number of aromatic nitrogens is 4. The molecule has 3 fully saturated rings. The molecule has 2 aromatic heterocycles. The summed E-state index contributed by atoms with van der Waals surface area (Å²) < 4.78 is 7.23. The molecule has 1 aliphatic carbocycles. The molecule has 0 spiro atoms. The minimum atomic E-state index is -0.0699. The first kappa shape index (κ1) is 17.7. The average Bonchev–Trinajstić information content (AvgIpc) is 3.03. The van der Waals surface area contributed by atoms with Crippen molar-refractivity contribution in [1.82, 2.24) is 30.4 Å². The Hall–Kier alpha value is -2.42. The fourth-order valence-electron chi connectivity index (χ4n) is 4.09. The number of ether oxygens (including phenoxy) is 1. The van der Waals surface area contributed by atoms with E-state index in [1.807, 2.05) is 16.6 Å². The van der Waals surface area contributed by atoms with Gasteiger partial charge in [-0.15, -0.1) is 15.3 Å².